The number of allylic oxidation sites excluding steroid dienone is 7. The molecule has 5 nitrogen and oxygen atoms in total. The Bertz CT molecular complexity index is 864. The van der Waals surface area contributed by atoms with Crippen LogP contribution in [0.25, 0.3) is 6.08 Å². The van der Waals surface area contributed by atoms with Crippen molar-refractivity contribution < 1.29 is 23.9 Å². The standard InChI is InChI=1S/C22H20O5/c1-26-21(24)18-5-3-4-16(6-11-18)9-14-20(23)15-10-17-7-12-19(13-8-17)22(25)27-2/h3,5-15H,4H2,1-2H3/b14-9+,15-10+. The Morgan fingerprint density at radius 2 is 1.56 bits per heavy atom. The van der Waals surface area contributed by atoms with Crippen molar-refractivity contribution in [2.45, 2.75) is 6.42 Å². The van der Waals surface area contributed by atoms with Crippen molar-refractivity contribution in [3.63, 3.8) is 0 Å². The van der Waals surface area contributed by atoms with Crippen LogP contribution in [-0.4, -0.2) is 31.9 Å². The number of ketones is 1. The van der Waals surface area contributed by atoms with Gasteiger partial charge in [0.2, 0.25) is 0 Å². The first-order chi connectivity index (χ1) is 13.0. The van der Waals surface area contributed by atoms with E-state index in [1.54, 1.807) is 54.6 Å². The lowest BCUT2D eigenvalue weighted by atomic mass is 10.1. The van der Waals surface area contributed by atoms with Crippen molar-refractivity contribution in [2.75, 3.05) is 14.2 Å². The molecule has 0 saturated heterocycles. The van der Waals surface area contributed by atoms with Crippen LogP contribution in [0.5, 0.6) is 0 Å². The van der Waals surface area contributed by atoms with E-state index in [1.807, 2.05) is 6.08 Å². The molecule has 1 aromatic carbocycles. The van der Waals surface area contributed by atoms with Crippen molar-refractivity contribution in [3.8, 4) is 0 Å². The number of methoxy groups -OCH3 is 2. The number of esters is 2. The molecule has 0 spiro atoms. The summed E-state index contributed by atoms with van der Waals surface area (Å²) in [5.74, 6) is -0.969. The molecule has 2 rings (SSSR count). The lowest BCUT2D eigenvalue weighted by Crippen LogP contribution is -2.01. The summed E-state index contributed by atoms with van der Waals surface area (Å²) in [5, 5.41) is 0. The molecule has 0 aromatic heterocycles. The molecule has 0 amide bonds. The molecule has 0 radical (unpaired) electrons. The van der Waals surface area contributed by atoms with Crippen molar-refractivity contribution in [1.82, 2.24) is 0 Å². The van der Waals surface area contributed by atoms with Crippen LogP contribution >= 0.6 is 0 Å². The number of benzene rings is 1. The largest absolute Gasteiger partial charge is 0.465 e. The zero-order chi connectivity index (χ0) is 19.6. The highest BCUT2D eigenvalue weighted by Gasteiger charge is 2.07. The second-order valence-electron chi connectivity index (χ2n) is 5.64. The van der Waals surface area contributed by atoms with Crippen LogP contribution in [0.2, 0.25) is 0 Å². The molecular formula is C22H20O5. The van der Waals surface area contributed by atoms with Gasteiger partial charge in [0.25, 0.3) is 0 Å². The lowest BCUT2D eigenvalue weighted by molar-refractivity contribution is -0.135. The Kier molecular flexibility index (Phi) is 7.26. The van der Waals surface area contributed by atoms with E-state index in [2.05, 4.69) is 9.47 Å². The van der Waals surface area contributed by atoms with Gasteiger partial charge in [-0.15, -0.1) is 0 Å². The summed E-state index contributed by atoms with van der Waals surface area (Å²) in [7, 11) is 2.66. The maximum Gasteiger partial charge on any atom is 0.337 e. The van der Waals surface area contributed by atoms with Crippen molar-refractivity contribution in [1.29, 1.82) is 0 Å². The second-order valence-corrected chi connectivity index (χ2v) is 5.64. The third-order valence-electron chi connectivity index (χ3n) is 3.78. The average Bonchev–Trinajstić information content (AvgIpc) is 2.95. The van der Waals surface area contributed by atoms with Crippen molar-refractivity contribution in [2.24, 2.45) is 0 Å². The molecule has 1 aliphatic carbocycles. The predicted octanol–water partition coefficient (Wildman–Crippen LogP) is 3.60. The van der Waals surface area contributed by atoms with Gasteiger partial charge in [0.15, 0.2) is 5.78 Å². The SMILES string of the molecule is COC(=O)C1=CC=C(/C=C/C(=O)/C=C/c2ccc(C(=O)OC)cc2)CC=C1. The number of hydrogen-bond acceptors (Lipinski definition) is 5. The van der Waals surface area contributed by atoms with Gasteiger partial charge in [-0.05, 0) is 47.9 Å². The van der Waals surface area contributed by atoms with E-state index in [4.69, 9.17) is 0 Å². The maximum absolute atomic E-state index is 12.0. The van der Waals surface area contributed by atoms with Gasteiger partial charge in [-0.1, -0.05) is 42.5 Å². The van der Waals surface area contributed by atoms with E-state index < -0.39 is 11.9 Å². The zero-order valence-corrected chi connectivity index (χ0v) is 15.2. The van der Waals surface area contributed by atoms with E-state index in [9.17, 15) is 14.4 Å². The minimum atomic E-state index is -0.403. The molecule has 1 aliphatic rings. The number of carbonyl (C=O) groups is 3. The first kappa shape index (κ1) is 19.8. The van der Waals surface area contributed by atoms with Crippen molar-refractivity contribution in [3.05, 3.63) is 89.1 Å². The minimum Gasteiger partial charge on any atom is -0.465 e. The third-order valence-corrected chi connectivity index (χ3v) is 3.78. The van der Waals surface area contributed by atoms with Gasteiger partial charge in [0, 0.05) is 0 Å². The van der Waals surface area contributed by atoms with Crippen LogP contribution in [0.1, 0.15) is 22.3 Å². The summed E-state index contributed by atoms with van der Waals surface area (Å²) in [6, 6.07) is 6.74. The van der Waals surface area contributed by atoms with Gasteiger partial charge in [0.05, 0.1) is 25.4 Å². The number of carbonyl (C=O) groups excluding carboxylic acids is 3. The van der Waals surface area contributed by atoms with Gasteiger partial charge < -0.3 is 9.47 Å². The van der Waals surface area contributed by atoms with Gasteiger partial charge in [-0.3, -0.25) is 4.79 Å². The number of ether oxygens (including phenoxy) is 2. The monoisotopic (exact) mass is 364 g/mol. The van der Waals surface area contributed by atoms with E-state index in [1.165, 1.54) is 26.4 Å². The zero-order valence-electron chi connectivity index (χ0n) is 15.2. The van der Waals surface area contributed by atoms with Crippen LogP contribution < -0.4 is 0 Å². The van der Waals surface area contributed by atoms with Crippen LogP contribution in [0, 0.1) is 0 Å². The Morgan fingerprint density at radius 1 is 0.889 bits per heavy atom. The normalized spacial score (nSPS) is 13.9. The van der Waals surface area contributed by atoms with E-state index in [0.717, 1.165) is 11.1 Å². The summed E-state index contributed by atoms with van der Waals surface area (Å²) < 4.78 is 9.32. The number of hydrogen-bond donors (Lipinski definition) is 0. The fourth-order valence-electron chi connectivity index (χ4n) is 2.29. The molecule has 0 unspecified atom stereocenters. The van der Waals surface area contributed by atoms with E-state index in [-0.39, 0.29) is 5.78 Å². The smallest absolute Gasteiger partial charge is 0.337 e. The molecule has 0 aliphatic heterocycles. The Morgan fingerprint density at radius 3 is 2.22 bits per heavy atom. The van der Waals surface area contributed by atoms with E-state index in [0.29, 0.717) is 17.6 Å². The summed E-state index contributed by atoms with van der Waals surface area (Å²) in [6.07, 6.45) is 13.9. The lowest BCUT2D eigenvalue weighted by Gasteiger charge is -1.99. The molecule has 0 bridgehead atoms. The highest BCUT2D eigenvalue weighted by Crippen LogP contribution is 2.14. The van der Waals surface area contributed by atoms with E-state index >= 15 is 0 Å². The highest BCUT2D eigenvalue weighted by molar-refractivity contribution is 6.02. The molecular weight excluding hydrogens is 344 g/mol. The van der Waals surface area contributed by atoms with Gasteiger partial charge in [0.1, 0.15) is 0 Å². The highest BCUT2D eigenvalue weighted by atomic mass is 16.5. The fraction of sp³-hybridized carbons (Fsp3) is 0.136. The molecule has 1 aromatic rings. The summed E-state index contributed by atoms with van der Waals surface area (Å²) in [4.78, 5) is 34.9. The Balaban J connectivity index is 1.98. The summed E-state index contributed by atoms with van der Waals surface area (Å²) >= 11 is 0. The first-order valence-corrected chi connectivity index (χ1v) is 8.27. The first-order valence-electron chi connectivity index (χ1n) is 8.27. The second kappa shape index (κ2) is 9.87. The topological polar surface area (TPSA) is 69.7 Å². The third kappa shape index (κ3) is 6.08. The minimum absolute atomic E-state index is 0.168. The van der Waals surface area contributed by atoms with Gasteiger partial charge >= 0.3 is 11.9 Å². The molecule has 138 valence electrons. The number of rotatable bonds is 6. The molecule has 0 fully saturated rings. The van der Waals surface area contributed by atoms with Crippen LogP contribution in [-0.2, 0) is 19.1 Å². The van der Waals surface area contributed by atoms with Crippen molar-refractivity contribution >= 4 is 23.8 Å². The molecule has 0 saturated carbocycles. The van der Waals surface area contributed by atoms with Gasteiger partial charge in [-0.2, -0.15) is 0 Å². The van der Waals surface area contributed by atoms with Crippen LogP contribution in [0.4, 0.5) is 0 Å². The predicted molar refractivity (Wildman–Crippen MR) is 103 cm³/mol. The average molecular weight is 364 g/mol. The molecule has 0 atom stereocenters. The Hall–Kier alpha value is -3.47. The molecule has 0 heterocycles. The van der Waals surface area contributed by atoms with Crippen LogP contribution in [0.3, 0.4) is 0 Å². The summed E-state index contributed by atoms with van der Waals surface area (Å²) in [5.41, 5.74) is 2.61. The van der Waals surface area contributed by atoms with Crippen LogP contribution in [0.15, 0.2) is 77.9 Å². The molecule has 27 heavy (non-hydrogen) atoms. The maximum atomic E-state index is 12.0. The fourth-order valence-corrected chi connectivity index (χ4v) is 2.29. The summed E-state index contributed by atoms with van der Waals surface area (Å²) in [6.45, 7) is 0. The molecule has 0 N–H and O–H groups in total. The molecule has 5 heteroatoms. The Labute approximate surface area is 158 Å². The quantitative estimate of drug-likeness (QED) is 0.570. The van der Waals surface area contributed by atoms with Gasteiger partial charge in [-0.25, -0.2) is 9.59 Å².